The molecule has 21 heavy (non-hydrogen) atoms. The normalized spacial score (nSPS) is 11.6. The summed E-state index contributed by atoms with van der Waals surface area (Å²) in [5, 5.41) is 2.74. The van der Waals surface area contributed by atoms with Gasteiger partial charge in [-0.15, -0.1) is 0 Å². The van der Waals surface area contributed by atoms with E-state index in [9.17, 15) is 18.0 Å². The van der Waals surface area contributed by atoms with Crippen molar-refractivity contribution in [3.8, 4) is 0 Å². The smallest absolute Gasteiger partial charge is 0.332 e. The van der Waals surface area contributed by atoms with Crippen LogP contribution in [0.4, 0.5) is 11.5 Å². The Labute approximate surface area is 123 Å². The number of hydrogen-bond acceptors (Lipinski definition) is 6. The third-order valence-corrected chi connectivity index (χ3v) is 4.89. The maximum absolute atomic E-state index is 12.0. The summed E-state index contributed by atoms with van der Waals surface area (Å²) in [4.78, 5) is 24.0. The summed E-state index contributed by atoms with van der Waals surface area (Å²) in [6, 6.07) is 0. The molecule has 0 aliphatic heterocycles. The molecule has 0 saturated carbocycles. The molecule has 1 heterocycles. The quantitative estimate of drug-likeness (QED) is 0.692. The Bertz CT molecular complexity index is 718. The monoisotopic (exact) mass is 318 g/mol. The number of rotatable bonds is 7. The molecule has 3 N–H and O–H groups in total. The van der Waals surface area contributed by atoms with Gasteiger partial charge < -0.3 is 11.1 Å². The Balaban J connectivity index is 3.13. The van der Waals surface area contributed by atoms with Crippen LogP contribution in [0.5, 0.6) is 0 Å². The summed E-state index contributed by atoms with van der Waals surface area (Å²) in [5.41, 5.74) is 4.89. The first-order chi connectivity index (χ1) is 9.75. The fourth-order valence-electron chi connectivity index (χ4n) is 1.86. The summed E-state index contributed by atoms with van der Waals surface area (Å²) in [6.45, 7) is 3.91. The average Bonchev–Trinajstić information content (AvgIpc) is 2.45. The van der Waals surface area contributed by atoms with Crippen LogP contribution < -0.4 is 22.3 Å². The number of sulfone groups is 1. The molecule has 0 spiro atoms. The van der Waals surface area contributed by atoms with Gasteiger partial charge in [0.15, 0.2) is 9.84 Å². The standard InChI is InChI=1S/C12H22N4O4S/c1-4-7-16-10(13)9(11(17)15(3)12(16)18)14-6-8-21(19,20)5-2/h14H,4-8,13H2,1-3H3. The fraction of sp³-hybridized carbons (Fsp3) is 0.667. The largest absolute Gasteiger partial charge is 0.383 e. The molecule has 0 saturated heterocycles. The van der Waals surface area contributed by atoms with Gasteiger partial charge in [-0.25, -0.2) is 13.2 Å². The van der Waals surface area contributed by atoms with Crippen LogP contribution in [-0.2, 0) is 23.4 Å². The van der Waals surface area contributed by atoms with Gasteiger partial charge in [-0.1, -0.05) is 13.8 Å². The number of nitrogens with two attached hydrogens (primary N) is 1. The van der Waals surface area contributed by atoms with Crippen LogP contribution in [0.1, 0.15) is 20.3 Å². The Kier molecular flexibility index (Phi) is 5.59. The molecule has 0 radical (unpaired) electrons. The second-order valence-electron chi connectivity index (χ2n) is 4.72. The molecule has 0 unspecified atom stereocenters. The Morgan fingerprint density at radius 1 is 1.24 bits per heavy atom. The van der Waals surface area contributed by atoms with E-state index < -0.39 is 21.1 Å². The number of nitrogen functional groups attached to an aromatic ring is 1. The minimum atomic E-state index is -3.13. The van der Waals surface area contributed by atoms with Crippen LogP contribution in [0.25, 0.3) is 0 Å². The lowest BCUT2D eigenvalue weighted by atomic mass is 10.4. The predicted octanol–water partition coefficient (Wildman–Crippen LogP) is -0.614. The van der Waals surface area contributed by atoms with Crippen LogP contribution in [0, 0.1) is 0 Å². The maximum atomic E-state index is 12.0. The summed E-state index contributed by atoms with van der Waals surface area (Å²) < 4.78 is 25.1. The molecule has 1 aromatic heterocycles. The van der Waals surface area contributed by atoms with Gasteiger partial charge in [0.2, 0.25) is 0 Å². The van der Waals surface area contributed by atoms with E-state index in [1.807, 2.05) is 6.92 Å². The molecule has 8 nitrogen and oxygen atoms in total. The van der Waals surface area contributed by atoms with Crippen molar-refractivity contribution in [2.75, 3.05) is 29.1 Å². The predicted molar refractivity (Wildman–Crippen MR) is 83.5 cm³/mol. The van der Waals surface area contributed by atoms with Crippen LogP contribution in [0.3, 0.4) is 0 Å². The highest BCUT2D eigenvalue weighted by atomic mass is 32.2. The third-order valence-electron chi connectivity index (χ3n) is 3.19. The SMILES string of the molecule is CCCn1c(N)c(NCCS(=O)(=O)CC)c(=O)n(C)c1=O. The highest BCUT2D eigenvalue weighted by molar-refractivity contribution is 7.91. The highest BCUT2D eigenvalue weighted by Crippen LogP contribution is 2.10. The zero-order valence-electron chi connectivity index (χ0n) is 12.5. The second kappa shape index (κ2) is 6.79. The van der Waals surface area contributed by atoms with Gasteiger partial charge >= 0.3 is 5.69 Å². The van der Waals surface area contributed by atoms with Crippen molar-refractivity contribution in [3.63, 3.8) is 0 Å². The first kappa shape index (κ1) is 17.3. The summed E-state index contributed by atoms with van der Waals surface area (Å²) >= 11 is 0. The Hall–Kier alpha value is -1.77. The molecular weight excluding hydrogens is 296 g/mol. The zero-order chi connectivity index (χ0) is 16.2. The average molecular weight is 318 g/mol. The Morgan fingerprint density at radius 2 is 1.86 bits per heavy atom. The van der Waals surface area contributed by atoms with Gasteiger partial charge in [0.25, 0.3) is 5.56 Å². The van der Waals surface area contributed by atoms with E-state index in [4.69, 9.17) is 5.73 Å². The summed E-state index contributed by atoms with van der Waals surface area (Å²) in [5.74, 6) is -0.0184. The lowest BCUT2D eigenvalue weighted by Crippen LogP contribution is -2.41. The molecule has 0 bridgehead atoms. The van der Waals surface area contributed by atoms with Gasteiger partial charge in [-0.2, -0.15) is 0 Å². The molecule has 0 aromatic carbocycles. The molecule has 120 valence electrons. The van der Waals surface area contributed by atoms with Crippen molar-refractivity contribution < 1.29 is 8.42 Å². The van der Waals surface area contributed by atoms with E-state index in [-0.39, 0.29) is 29.6 Å². The number of hydrogen-bond donors (Lipinski definition) is 2. The molecule has 0 fully saturated rings. The molecule has 0 aliphatic rings. The summed E-state index contributed by atoms with van der Waals surface area (Å²) in [7, 11) is -1.77. The fourth-order valence-corrected chi connectivity index (χ4v) is 2.57. The van der Waals surface area contributed by atoms with E-state index in [0.717, 1.165) is 4.57 Å². The molecule has 9 heteroatoms. The van der Waals surface area contributed by atoms with E-state index in [2.05, 4.69) is 5.32 Å². The van der Waals surface area contributed by atoms with Crippen LogP contribution in [0.15, 0.2) is 9.59 Å². The van der Waals surface area contributed by atoms with Crippen molar-refractivity contribution in [1.82, 2.24) is 9.13 Å². The summed E-state index contributed by atoms with van der Waals surface area (Å²) in [6.07, 6.45) is 0.686. The van der Waals surface area contributed by atoms with Crippen molar-refractivity contribution in [2.24, 2.45) is 7.05 Å². The van der Waals surface area contributed by atoms with Crippen LogP contribution in [0.2, 0.25) is 0 Å². The molecule has 1 rings (SSSR count). The molecule has 1 aromatic rings. The Morgan fingerprint density at radius 3 is 2.38 bits per heavy atom. The van der Waals surface area contributed by atoms with Gasteiger partial charge in [-0.3, -0.25) is 13.9 Å². The first-order valence-electron chi connectivity index (χ1n) is 6.78. The molecular formula is C12H22N4O4S. The number of nitrogens with zero attached hydrogens (tertiary/aromatic N) is 2. The number of aromatic nitrogens is 2. The second-order valence-corrected chi connectivity index (χ2v) is 7.19. The van der Waals surface area contributed by atoms with Gasteiger partial charge in [0.05, 0.1) is 5.75 Å². The highest BCUT2D eigenvalue weighted by Gasteiger charge is 2.15. The van der Waals surface area contributed by atoms with E-state index in [0.29, 0.717) is 13.0 Å². The minimum Gasteiger partial charge on any atom is -0.383 e. The molecule has 0 aliphatic carbocycles. The van der Waals surface area contributed by atoms with Crippen molar-refractivity contribution in [2.45, 2.75) is 26.8 Å². The van der Waals surface area contributed by atoms with Gasteiger partial charge in [-0.05, 0) is 6.42 Å². The number of anilines is 2. The van der Waals surface area contributed by atoms with Gasteiger partial charge in [0.1, 0.15) is 11.5 Å². The topological polar surface area (TPSA) is 116 Å². The van der Waals surface area contributed by atoms with Crippen molar-refractivity contribution >= 4 is 21.3 Å². The van der Waals surface area contributed by atoms with Crippen molar-refractivity contribution in [1.29, 1.82) is 0 Å². The first-order valence-corrected chi connectivity index (χ1v) is 8.60. The molecule has 0 atom stereocenters. The maximum Gasteiger partial charge on any atom is 0.332 e. The van der Waals surface area contributed by atoms with E-state index in [1.165, 1.54) is 11.6 Å². The van der Waals surface area contributed by atoms with Crippen molar-refractivity contribution in [3.05, 3.63) is 20.8 Å². The third kappa shape index (κ3) is 3.87. The van der Waals surface area contributed by atoms with Crippen LogP contribution >= 0.6 is 0 Å². The minimum absolute atomic E-state index is 0.0392. The van der Waals surface area contributed by atoms with Gasteiger partial charge in [0, 0.05) is 25.9 Å². The van der Waals surface area contributed by atoms with Crippen LogP contribution in [-0.4, -0.2) is 35.6 Å². The zero-order valence-corrected chi connectivity index (χ0v) is 13.4. The molecule has 0 amide bonds. The lowest BCUT2D eigenvalue weighted by molar-refractivity contribution is 0.596. The number of nitrogens with one attached hydrogen (secondary N) is 1. The lowest BCUT2D eigenvalue weighted by Gasteiger charge is -2.15. The van der Waals surface area contributed by atoms with E-state index in [1.54, 1.807) is 6.92 Å². The van der Waals surface area contributed by atoms with E-state index >= 15 is 0 Å².